The molecule has 6 heteroatoms. The van der Waals surface area contributed by atoms with E-state index in [9.17, 15) is 9.59 Å². The molecule has 0 saturated heterocycles. The van der Waals surface area contributed by atoms with Gasteiger partial charge in [-0.3, -0.25) is 14.2 Å². The third kappa shape index (κ3) is 2.25. The van der Waals surface area contributed by atoms with Crippen LogP contribution in [0.15, 0.2) is 39.8 Å². The average Bonchev–Trinajstić information content (AvgIpc) is 2.87. The number of rotatable bonds is 3. The number of amides is 1. The van der Waals surface area contributed by atoms with E-state index in [-0.39, 0.29) is 24.6 Å². The summed E-state index contributed by atoms with van der Waals surface area (Å²) < 4.78 is 6.72. The molecular formula is C15H11N3O3. The number of carbonyl (C=O) groups excluding carboxylic acids is 1. The van der Waals surface area contributed by atoms with Crippen LogP contribution in [0, 0.1) is 12.3 Å². The molecule has 3 aromatic rings. The number of carbonyl (C=O) groups is 1. The molecule has 0 atom stereocenters. The van der Waals surface area contributed by atoms with Crippen LogP contribution in [0.25, 0.3) is 22.1 Å². The minimum absolute atomic E-state index is 0.119. The van der Waals surface area contributed by atoms with E-state index < -0.39 is 5.56 Å². The topological polar surface area (TPSA) is 77.1 Å². The van der Waals surface area contributed by atoms with E-state index in [4.69, 9.17) is 10.8 Å². The fourth-order valence-electron chi connectivity index (χ4n) is 2.09. The first kappa shape index (κ1) is 12.9. The largest absolute Gasteiger partial charge is 0.448 e. The fraction of sp³-hybridized carbons (Fsp3) is 0.133. The number of hydrogen-bond acceptors (Lipinski definition) is 4. The Morgan fingerprint density at radius 3 is 3.05 bits per heavy atom. The third-order valence-electron chi connectivity index (χ3n) is 3.05. The Kier molecular flexibility index (Phi) is 3.16. The number of hydrogen-bond donors (Lipinski definition) is 1. The number of fused-ring (bicyclic) bond motifs is 3. The van der Waals surface area contributed by atoms with Crippen molar-refractivity contribution in [1.29, 1.82) is 0 Å². The summed E-state index contributed by atoms with van der Waals surface area (Å²) in [5, 5.41) is 3.26. The molecule has 6 nitrogen and oxygen atoms in total. The normalized spacial score (nSPS) is 10.6. The highest BCUT2D eigenvalue weighted by Gasteiger charge is 2.14. The predicted octanol–water partition coefficient (Wildman–Crippen LogP) is 0.892. The van der Waals surface area contributed by atoms with Crippen LogP contribution in [0.1, 0.15) is 0 Å². The Balaban J connectivity index is 2.05. The Morgan fingerprint density at radius 2 is 2.24 bits per heavy atom. The number of furan rings is 1. The van der Waals surface area contributed by atoms with Crippen LogP contribution in [0.4, 0.5) is 0 Å². The van der Waals surface area contributed by atoms with Crippen molar-refractivity contribution in [2.45, 2.75) is 6.54 Å². The molecule has 21 heavy (non-hydrogen) atoms. The molecular weight excluding hydrogens is 270 g/mol. The summed E-state index contributed by atoms with van der Waals surface area (Å²) in [6, 6.07) is 7.26. The Labute approximate surface area is 119 Å². The molecule has 0 fully saturated rings. The first-order valence-electron chi connectivity index (χ1n) is 6.27. The molecule has 1 aromatic carbocycles. The average molecular weight is 281 g/mol. The number of aromatic nitrogens is 2. The predicted molar refractivity (Wildman–Crippen MR) is 77.6 cm³/mol. The highest BCUT2D eigenvalue weighted by atomic mass is 16.3. The lowest BCUT2D eigenvalue weighted by Gasteiger charge is -2.04. The van der Waals surface area contributed by atoms with Crippen molar-refractivity contribution in [3.63, 3.8) is 0 Å². The summed E-state index contributed by atoms with van der Waals surface area (Å²) in [6.07, 6.45) is 6.39. The zero-order valence-electron chi connectivity index (χ0n) is 11.0. The van der Waals surface area contributed by atoms with Gasteiger partial charge in [-0.2, -0.15) is 0 Å². The number of nitrogens with one attached hydrogen (secondary N) is 1. The van der Waals surface area contributed by atoms with Gasteiger partial charge in [-0.25, -0.2) is 4.98 Å². The van der Waals surface area contributed by atoms with Crippen LogP contribution in [0.2, 0.25) is 0 Å². The smallest absolute Gasteiger partial charge is 0.297 e. The Bertz CT molecular complexity index is 931. The van der Waals surface area contributed by atoms with Crippen molar-refractivity contribution < 1.29 is 9.21 Å². The van der Waals surface area contributed by atoms with Gasteiger partial charge in [0.05, 0.1) is 12.9 Å². The van der Waals surface area contributed by atoms with Crippen LogP contribution < -0.4 is 10.9 Å². The van der Waals surface area contributed by atoms with Gasteiger partial charge in [0.25, 0.3) is 5.56 Å². The molecule has 0 unspecified atom stereocenters. The van der Waals surface area contributed by atoms with Gasteiger partial charge in [-0.15, -0.1) is 6.42 Å². The van der Waals surface area contributed by atoms with Gasteiger partial charge in [0.2, 0.25) is 11.5 Å². The molecule has 0 aliphatic heterocycles. The van der Waals surface area contributed by atoms with Gasteiger partial charge in [0.15, 0.2) is 0 Å². The van der Waals surface area contributed by atoms with Crippen molar-refractivity contribution in [3.8, 4) is 12.3 Å². The summed E-state index contributed by atoms with van der Waals surface area (Å²) in [7, 11) is 0. The van der Waals surface area contributed by atoms with Crippen LogP contribution in [0.5, 0.6) is 0 Å². The molecule has 104 valence electrons. The number of benzene rings is 1. The van der Waals surface area contributed by atoms with E-state index in [1.165, 1.54) is 10.9 Å². The highest BCUT2D eigenvalue weighted by molar-refractivity contribution is 6.01. The van der Waals surface area contributed by atoms with Crippen molar-refractivity contribution in [2.75, 3.05) is 6.54 Å². The molecule has 0 spiro atoms. The molecule has 1 amide bonds. The number of para-hydroxylation sites is 1. The van der Waals surface area contributed by atoms with E-state index in [0.717, 1.165) is 5.39 Å². The first-order valence-corrected chi connectivity index (χ1v) is 6.27. The quantitative estimate of drug-likeness (QED) is 0.723. The van der Waals surface area contributed by atoms with Gasteiger partial charge in [-0.1, -0.05) is 18.1 Å². The van der Waals surface area contributed by atoms with Crippen molar-refractivity contribution in [2.24, 2.45) is 0 Å². The molecule has 0 aliphatic carbocycles. The summed E-state index contributed by atoms with van der Waals surface area (Å²) in [5.74, 6) is 1.94. The number of terminal acetylenes is 1. The maximum absolute atomic E-state index is 12.3. The molecule has 2 aromatic heterocycles. The van der Waals surface area contributed by atoms with Crippen LogP contribution in [0.3, 0.4) is 0 Å². The van der Waals surface area contributed by atoms with Gasteiger partial charge >= 0.3 is 0 Å². The van der Waals surface area contributed by atoms with E-state index in [1.54, 1.807) is 6.07 Å². The zero-order chi connectivity index (χ0) is 14.8. The minimum atomic E-state index is -0.396. The second-order valence-electron chi connectivity index (χ2n) is 4.43. The summed E-state index contributed by atoms with van der Waals surface area (Å²) in [4.78, 5) is 28.1. The second-order valence-corrected chi connectivity index (χ2v) is 4.43. The lowest BCUT2D eigenvalue weighted by Crippen LogP contribution is -2.32. The summed E-state index contributed by atoms with van der Waals surface area (Å²) >= 11 is 0. The molecule has 0 aliphatic rings. The van der Waals surface area contributed by atoms with Gasteiger partial charge in [0, 0.05) is 5.39 Å². The molecule has 0 saturated carbocycles. The monoisotopic (exact) mass is 281 g/mol. The van der Waals surface area contributed by atoms with Crippen molar-refractivity contribution in [3.05, 3.63) is 40.9 Å². The molecule has 3 rings (SSSR count). The van der Waals surface area contributed by atoms with E-state index in [2.05, 4.69) is 16.2 Å². The molecule has 0 radical (unpaired) electrons. The third-order valence-corrected chi connectivity index (χ3v) is 3.05. The van der Waals surface area contributed by atoms with E-state index in [1.807, 2.05) is 18.2 Å². The SMILES string of the molecule is C#CCNC(=O)Cn1cnc2c(oc3ccccc32)c1=O. The zero-order valence-corrected chi connectivity index (χ0v) is 11.0. The van der Waals surface area contributed by atoms with Gasteiger partial charge in [-0.05, 0) is 12.1 Å². The summed E-state index contributed by atoms with van der Waals surface area (Å²) in [5.41, 5.74) is 0.832. The lowest BCUT2D eigenvalue weighted by molar-refractivity contribution is -0.121. The van der Waals surface area contributed by atoms with Crippen molar-refractivity contribution >= 4 is 28.0 Å². The Hall–Kier alpha value is -3.07. The molecule has 0 bridgehead atoms. The summed E-state index contributed by atoms with van der Waals surface area (Å²) in [6.45, 7) is -0.0333. The van der Waals surface area contributed by atoms with Crippen molar-refractivity contribution in [1.82, 2.24) is 14.9 Å². The second kappa shape index (κ2) is 5.13. The van der Waals surface area contributed by atoms with Crippen LogP contribution in [-0.2, 0) is 11.3 Å². The Morgan fingerprint density at radius 1 is 1.43 bits per heavy atom. The fourth-order valence-corrected chi connectivity index (χ4v) is 2.09. The van der Waals surface area contributed by atoms with Crippen LogP contribution >= 0.6 is 0 Å². The number of nitrogens with zero attached hydrogens (tertiary/aromatic N) is 2. The maximum Gasteiger partial charge on any atom is 0.297 e. The minimum Gasteiger partial charge on any atom is -0.448 e. The molecule has 1 N–H and O–H groups in total. The van der Waals surface area contributed by atoms with Crippen LogP contribution in [-0.4, -0.2) is 22.0 Å². The molecule has 2 heterocycles. The lowest BCUT2D eigenvalue weighted by atomic mass is 10.2. The van der Waals surface area contributed by atoms with Gasteiger partial charge in [0.1, 0.15) is 17.6 Å². The van der Waals surface area contributed by atoms with E-state index >= 15 is 0 Å². The van der Waals surface area contributed by atoms with Gasteiger partial charge < -0.3 is 9.73 Å². The maximum atomic E-state index is 12.3. The van der Waals surface area contributed by atoms with E-state index in [0.29, 0.717) is 11.1 Å². The standard InChI is InChI=1S/C15H11N3O3/c1-2-7-16-12(19)8-18-9-17-13-10-5-3-4-6-11(10)21-14(13)15(18)20/h1,3-6,9H,7-8H2,(H,16,19). The first-order chi connectivity index (χ1) is 10.2. The highest BCUT2D eigenvalue weighted by Crippen LogP contribution is 2.23.